The van der Waals surface area contributed by atoms with E-state index in [4.69, 9.17) is 9.84 Å². The molecule has 3 rings (SSSR count). The molecule has 0 fully saturated rings. The maximum atomic E-state index is 13.0. The summed E-state index contributed by atoms with van der Waals surface area (Å²) in [7, 11) is 0. The number of aliphatic carboxylic acids is 1. The number of alkyl carbamates (subject to hydrolysis) is 1. The molecule has 2 amide bonds. The second-order valence-electron chi connectivity index (χ2n) is 8.55. The van der Waals surface area contributed by atoms with Gasteiger partial charge in [-0.25, -0.2) is 4.79 Å². The molecule has 2 aromatic rings. The summed E-state index contributed by atoms with van der Waals surface area (Å²) in [5, 5.41) is 14.5. The van der Waals surface area contributed by atoms with Gasteiger partial charge in [-0.05, 0) is 48.4 Å². The SMILES string of the molecule is CCC(CC)(NC(=O)OCC1c2ccccc2-c2ccccc21)C(=O)NC(C)CCC(=O)O. The molecule has 0 spiro atoms. The van der Waals surface area contributed by atoms with Gasteiger partial charge in [-0.2, -0.15) is 0 Å². The molecular formula is C26H32N2O5. The molecule has 1 aliphatic carbocycles. The van der Waals surface area contributed by atoms with E-state index in [0.717, 1.165) is 22.3 Å². The third kappa shape index (κ3) is 5.35. The van der Waals surface area contributed by atoms with E-state index >= 15 is 0 Å². The summed E-state index contributed by atoms with van der Waals surface area (Å²) in [6.45, 7) is 5.58. The van der Waals surface area contributed by atoms with Crippen molar-refractivity contribution in [3.8, 4) is 11.1 Å². The van der Waals surface area contributed by atoms with Crippen molar-refractivity contribution in [2.75, 3.05) is 6.61 Å². The lowest BCUT2D eigenvalue weighted by Gasteiger charge is -2.32. The predicted molar refractivity (Wildman–Crippen MR) is 126 cm³/mol. The van der Waals surface area contributed by atoms with Crippen LogP contribution in [0.25, 0.3) is 11.1 Å². The van der Waals surface area contributed by atoms with E-state index in [-0.39, 0.29) is 30.9 Å². The van der Waals surface area contributed by atoms with Gasteiger partial charge in [0, 0.05) is 18.4 Å². The van der Waals surface area contributed by atoms with Gasteiger partial charge in [0.15, 0.2) is 0 Å². The van der Waals surface area contributed by atoms with Crippen LogP contribution in [0.2, 0.25) is 0 Å². The molecule has 0 aromatic heterocycles. The highest BCUT2D eigenvalue weighted by Crippen LogP contribution is 2.44. The van der Waals surface area contributed by atoms with Crippen LogP contribution in [0.15, 0.2) is 48.5 Å². The van der Waals surface area contributed by atoms with Gasteiger partial charge in [0.1, 0.15) is 12.1 Å². The molecule has 0 saturated carbocycles. The van der Waals surface area contributed by atoms with Gasteiger partial charge < -0.3 is 20.5 Å². The van der Waals surface area contributed by atoms with E-state index < -0.39 is 17.6 Å². The van der Waals surface area contributed by atoms with Crippen molar-refractivity contribution in [2.45, 2.75) is 64.0 Å². The van der Waals surface area contributed by atoms with Crippen LogP contribution in [0.3, 0.4) is 0 Å². The number of nitrogens with one attached hydrogen (secondary N) is 2. The van der Waals surface area contributed by atoms with Crippen molar-refractivity contribution in [3.05, 3.63) is 59.7 Å². The highest BCUT2D eigenvalue weighted by Gasteiger charge is 2.38. The average molecular weight is 453 g/mol. The second kappa shape index (κ2) is 10.5. The molecule has 3 N–H and O–H groups in total. The maximum absolute atomic E-state index is 13.0. The molecule has 33 heavy (non-hydrogen) atoms. The number of carbonyl (C=O) groups is 3. The maximum Gasteiger partial charge on any atom is 0.408 e. The Morgan fingerprint density at radius 2 is 1.55 bits per heavy atom. The van der Waals surface area contributed by atoms with Crippen LogP contribution < -0.4 is 10.6 Å². The first-order chi connectivity index (χ1) is 15.8. The van der Waals surface area contributed by atoms with E-state index in [1.807, 2.05) is 38.1 Å². The van der Waals surface area contributed by atoms with E-state index in [1.165, 1.54) is 0 Å². The highest BCUT2D eigenvalue weighted by molar-refractivity contribution is 5.90. The lowest BCUT2D eigenvalue weighted by molar-refractivity contribution is -0.137. The quantitative estimate of drug-likeness (QED) is 0.494. The number of rotatable bonds is 10. The molecule has 7 nitrogen and oxygen atoms in total. The second-order valence-corrected chi connectivity index (χ2v) is 8.55. The summed E-state index contributed by atoms with van der Waals surface area (Å²) in [5.41, 5.74) is 3.41. The summed E-state index contributed by atoms with van der Waals surface area (Å²) in [4.78, 5) is 36.5. The van der Waals surface area contributed by atoms with Gasteiger partial charge in [-0.3, -0.25) is 9.59 Å². The van der Waals surface area contributed by atoms with Crippen LogP contribution >= 0.6 is 0 Å². The molecule has 1 atom stereocenters. The Bertz CT molecular complexity index is 970. The van der Waals surface area contributed by atoms with Gasteiger partial charge in [0.25, 0.3) is 0 Å². The van der Waals surface area contributed by atoms with Gasteiger partial charge in [0.05, 0.1) is 0 Å². The van der Waals surface area contributed by atoms with E-state index in [2.05, 4.69) is 34.9 Å². The number of hydrogen-bond donors (Lipinski definition) is 3. The Kier molecular flexibility index (Phi) is 7.74. The first-order valence-electron chi connectivity index (χ1n) is 11.5. The number of amides is 2. The van der Waals surface area contributed by atoms with Crippen molar-refractivity contribution in [1.29, 1.82) is 0 Å². The fraction of sp³-hybridized carbons (Fsp3) is 0.423. The number of carboxylic acid groups (broad SMARTS) is 1. The minimum atomic E-state index is -1.12. The molecule has 0 aliphatic heterocycles. The zero-order valence-electron chi connectivity index (χ0n) is 19.4. The number of carboxylic acids is 1. The molecule has 1 unspecified atom stereocenters. The van der Waals surface area contributed by atoms with E-state index in [9.17, 15) is 14.4 Å². The first kappa shape index (κ1) is 24.3. The van der Waals surface area contributed by atoms with Gasteiger partial charge in [-0.1, -0.05) is 62.4 Å². The zero-order chi connectivity index (χ0) is 24.0. The third-order valence-corrected chi connectivity index (χ3v) is 6.50. The molecule has 176 valence electrons. The van der Waals surface area contributed by atoms with Crippen molar-refractivity contribution >= 4 is 18.0 Å². The first-order valence-corrected chi connectivity index (χ1v) is 11.5. The van der Waals surface area contributed by atoms with Crippen LogP contribution in [0.1, 0.15) is 63.5 Å². The van der Waals surface area contributed by atoms with Gasteiger partial charge >= 0.3 is 12.1 Å². The summed E-state index contributed by atoms with van der Waals surface area (Å²) >= 11 is 0. The van der Waals surface area contributed by atoms with Crippen molar-refractivity contribution in [1.82, 2.24) is 10.6 Å². The predicted octanol–water partition coefficient (Wildman–Crippen LogP) is 4.45. The Balaban J connectivity index is 1.66. The monoisotopic (exact) mass is 452 g/mol. The van der Waals surface area contributed by atoms with Crippen LogP contribution in [-0.4, -0.2) is 41.3 Å². The van der Waals surface area contributed by atoms with Crippen LogP contribution in [0.5, 0.6) is 0 Å². The molecule has 7 heteroatoms. The topological polar surface area (TPSA) is 105 Å². The number of benzene rings is 2. The lowest BCUT2D eigenvalue weighted by atomic mass is 9.91. The fourth-order valence-electron chi connectivity index (χ4n) is 4.41. The summed E-state index contributed by atoms with van der Waals surface area (Å²) in [5.74, 6) is -1.31. The third-order valence-electron chi connectivity index (χ3n) is 6.50. The van der Waals surface area contributed by atoms with Crippen molar-refractivity contribution < 1.29 is 24.2 Å². The molecule has 2 aromatic carbocycles. The van der Waals surface area contributed by atoms with Crippen LogP contribution in [0.4, 0.5) is 4.79 Å². The molecule has 0 bridgehead atoms. The average Bonchev–Trinajstić information content (AvgIpc) is 3.13. The molecule has 0 saturated heterocycles. The summed E-state index contributed by atoms with van der Waals surface area (Å²) in [6.07, 6.45) is 0.396. The number of carbonyl (C=O) groups excluding carboxylic acids is 2. The summed E-state index contributed by atoms with van der Waals surface area (Å²) in [6, 6.07) is 15.9. The lowest BCUT2D eigenvalue weighted by Crippen LogP contribution is -2.59. The van der Waals surface area contributed by atoms with Gasteiger partial charge in [0.2, 0.25) is 5.91 Å². The standard InChI is InChI=1S/C26H32N2O5/c1-4-26(5-2,24(31)27-17(3)14-15-23(29)30)28-25(32)33-16-22-20-12-8-6-10-18(20)19-11-7-9-13-21(19)22/h6-13,17,22H,4-5,14-16H2,1-3H3,(H,27,31)(H,28,32)(H,29,30). The molecule has 1 aliphatic rings. The van der Waals surface area contributed by atoms with Crippen molar-refractivity contribution in [3.63, 3.8) is 0 Å². The minimum Gasteiger partial charge on any atom is -0.481 e. The van der Waals surface area contributed by atoms with Crippen molar-refractivity contribution in [2.24, 2.45) is 0 Å². The minimum absolute atomic E-state index is 0.0352. The smallest absolute Gasteiger partial charge is 0.408 e. The van der Waals surface area contributed by atoms with Crippen LogP contribution in [0, 0.1) is 0 Å². The zero-order valence-corrected chi connectivity index (χ0v) is 19.4. The Labute approximate surface area is 194 Å². The van der Waals surface area contributed by atoms with Gasteiger partial charge in [-0.15, -0.1) is 0 Å². The van der Waals surface area contributed by atoms with Crippen LogP contribution in [-0.2, 0) is 14.3 Å². The number of fused-ring (bicyclic) bond motifs is 3. The normalized spacial score (nSPS) is 13.5. The largest absolute Gasteiger partial charge is 0.481 e. The van der Waals surface area contributed by atoms with E-state index in [1.54, 1.807) is 6.92 Å². The molecule has 0 heterocycles. The molecule has 0 radical (unpaired) electrons. The summed E-state index contributed by atoms with van der Waals surface area (Å²) < 4.78 is 5.63. The molecular weight excluding hydrogens is 420 g/mol. The van der Waals surface area contributed by atoms with E-state index in [0.29, 0.717) is 19.3 Å². The Hall–Kier alpha value is -3.35. The number of ether oxygens (including phenoxy) is 1. The Morgan fingerprint density at radius 1 is 1.00 bits per heavy atom. The highest BCUT2D eigenvalue weighted by atomic mass is 16.5. The Morgan fingerprint density at radius 3 is 2.06 bits per heavy atom. The number of hydrogen-bond acceptors (Lipinski definition) is 4. The fourth-order valence-corrected chi connectivity index (χ4v) is 4.41.